The van der Waals surface area contributed by atoms with Gasteiger partial charge < -0.3 is 20.1 Å². The summed E-state index contributed by atoms with van der Waals surface area (Å²) >= 11 is 0. The summed E-state index contributed by atoms with van der Waals surface area (Å²) in [6.45, 7) is 3.48. The Bertz CT molecular complexity index is 1530. The molecule has 0 aromatic rings. The molecule has 3 N–H and O–H groups in total. The zero-order valence-corrected chi connectivity index (χ0v) is 46.1. The van der Waals surface area contributed by atoms with E-state index in [0.29, 0.717) is 6.42 Å². The molecule has 0 saturated heterocycles. The number of carbonyl (C=O) groups is 2. The molecule has 0 aliphatic heterocycles. The maximum Gasteiger partial charge on any atom is 0.472 e. The predicted molar refractivity (Wildman–Crippen MR) is 302 cm³/mol. The Morgan fingerprint density at radius 1 is 0.423 bits per heavy atom. The number of hydrogen-bond acceptors (Lipinski definition) is 8. The van der Waals surface area contributed by atoms with E-state index in [0.717, 1.165) is 96.3 Å². The smallest absolute Gasteiger partial charge is 0.462 e. The summed E-state index contributed by atoms with van der Waals surface area (Å²) in [4.78, 5) is 35.1. The molecular formula is C61H104NO8P. The van der Waals surface area contributed by atoms with Crippen molar-refractivity contribution in [2.45, 2.75) is 238 Å². The molecule has 0 aromatic carbocycles. The maximum atomic E-state index is 12.7. The van der Waals surface area contributed by atoms with Gasteiger partial charge in [-0.25, -0.2) is 4.57 Å². The second-order valence-corrected chi connectivity index (χ2v) is 19.8. The number of nitrogens with two attached hydrogens (primary N) is 1. The van der Waals surface area contributed by atoms with Gasteiger partial charge in [-0.3, -0.25) is 18.6 Å². The molecule has 2 unspecified atom stereocenters. The van der Waals surface area contributed by atoms with Crippen LogP contribution in [0.25, 0.3) is 0 Å². The van der Waals surface area contributed by atoms with Crippen LogP contribution in [0.2, 0.25) is 0 Å². The van der Waals surface area contributed by atoms with Gasteiger partial charge in [0, 0.05) is 19.4 Å². The van der Waals surface area contributed by atoms with E-state index in [9.17, 15) is 19.0 Å². The van der Waals surface area contributed by atoms with Gasteiger partial charge in [-0.1, -0.05) is 232 Å². The van der Waals surface area contributed by atoms with Crippen molar-refractivity contribution >= 4 is 19.8 Å². The van der Waals surface area contributed by atoms with Crippen LogP contribution in [-0.2, 0) is 32.7 Å². The largest absolute Gasteiger partial charge is 0.472 e. The number of hydrogen-bond donors (Lipinski definition) is 2. The minimum Gasteiger partial charge on any atom is -0.462 e. The van der Waals surface area contributed by atoms with Gasteiger partial charge in [-0.05, 0) is 96.3 Å². The SMILES string of the molecule is CC/C=C\C/C=C\C/C=C\C/C=C\C/C=C\CCCCCC(=O)OC(COC(=O)CCCCCCCCCCCCCCCCCCCC/C=C\C/C=C\C/C=C\C/C=C\CC)COP(=O)(O)OCCN. The molecule has 10 heteroatoms. The van der Waals surface area contributed by atoms with Gasteiger partial charge in [-0.2, -0.15) is 0 Å². The highest BCUT2D eigenvalue weighted by Crippen LogP contribution is 2.43. The third-order valence-corrected chi connectivity index (χ3v) is 12.6. The first kappa shape index (κ1) is 67.7. The first-order chi connectivity index (χ1) is 34.8. The molecule has 0 aliphatic carbocycles. The minimum atomic E-state index is -4.40. The Hall–Kier alpha value is -3.33. The Labute approximate surface area is 435 Å². The fourth-order valence-electron chi connectivity index (χ4n) is 7.54. The average molecular weight is 1010 g/mol. The van der Waals surface area contributed by atoms with Crippen LogP contribution in [0.3, 0.4) is 0 Å². The summed E-state index contributed by atoms with van der Waals surface area (Å²) in [5.74, 6) is -0.867. The normalized spacial score (nSPS) is 13.9. The van der Waals surface area contributed by atoms with Crippen molar-refractivity contribution in [1.82, 2.24) is 0 Å². The van der Waals surface area contributed by atoms with Gasteiger partial charge in [0.15, 0.2) is 6.10 Å². The molecule has 406 valence electrons. The topological polar surface area (TPSA) is 134 Å². The number of ether oxygens (including phenoxy) is 2. The van der Waals surface area contributed by atoms with Crippen LogP contribution in [0.4, 0.5) is 0 Å². The molecule has 0 spiro atoms. The van der Waals surface area contributed by atoms with Crippen molar-refractivity contribution in [1.29, 1.82) is 0 Å². The third kappa shape index (κ3) is 55.8. The third-order valence-electron chi connectivity index (χ3n) is 11.7. The fourth-order valence-corrected chi connectivity index (χ4v) is 8.30. The molecule has 9 nitrogen and oxygen atoms in total. The lowest BCUT2D eigenvalue weighted by Gasteiger charge is -2.19. The highest BCUT2D eigenvalue weighted by Gasteiger charge is 2.26. The monoisotopic (exact) mass is 1010 g/mol. The van der Waals surface area contributed by atoms with Crippen LogP contribution >= 0.6 is 7.82 Å². The highest BCUT2D eigenvalue weighted by molar-refractivity contribution is 7.47. The molecule has 0 fully saturated rings. The van der Waals surface area contributed by atoms with E-state index < -0.39 is 32.5 Å². The van der Waals surface area contributed by atoms with Gasteiger partial charge in [0.1, 0.15) is 6.61 Å². The standard InChI is InChI=1S/C61H104NO8P/c1-3-5-7-9-11-13-15-17-19-21-23-24-25-26-27-28-29-30-31-32-33-34-36-37-39-41-43-45-47-49-51-53-60(63)67-57-59(58-69-71(65,66)68-56-55-62)70-61(64)54-52-50-48-46-44-42-40-38-35-22-20-18-16-14-12-10-8-6-4-2/h5-8,11-14,17-20,23-24,35,38,42,44,59H,3-4,9-10,15-16,21-22,25-34,36-37,39-41,43,45-58,62H2,1-2H3,(H,65,66)/b7-5-,8-6-,13-11-,14-12-,19-17-,20-18-,24-23-,38-35-,44-42-. The fraction of sp³-hybridized carbons (Fsp3) is 0.672. The predicted octanol–water partition coefficient (Wildman–Crippen LogP) is 17.8. The quantitative estimate of drug-likeness (QED) is 0.0264. The molecule has 0 bridgehead atoms. The van der Waals surface area contributed by atoms with Crippen LogP contribution in [0.15, 0.2) is 109 Å². The van der Waals surface area contributed by atoms with Gasteiger partial charge in [0.2, 0.25) is 0 Å². The average Bonchev–Trinajstić information content (AvgIpc) is 3.36. The van der Waals surface area contributed by atoms with E-state index in [-0.39, 0.29) is 32.6 Å². The van der Waals surface area contributed by atoms with E-state index in [1.165, 1.54) is 103 Å². The highest BCUT2D eigenvalue weighted by atomic mass is 31.2. The molecular weight excluding hydrogens is 906 g/mol. The Kier molecular flexibility index (Phi) is 53.3. The molecule has 0 heterocycles. The van der Waals surface area contributed by atoms with E-state index in [1.807, 2.05) is 0 Å². The van der Waals surface area contributed by atoms with E-state index in [2.05, 4.69) is 123 Å². The number of phosphoric acid groups is 1. The van der Waals surface area contributed by atoms with E-state index in [1.54, 1.807) is 0 Å². The first-order valence-electron chi connectivity index (χ1n) is 28.4. The number of unbranched alkanes of at least 4 members (excludes halogenated alkanes) is 21. The van der Waals surface area contributed by atoms with Crippen LogP contribution in [-0.4, -0.2) is 49.3 Å². The Morgan fingerprint density at radius 3 is 1.10 bits per heavy atom. The number of rotatable bonds is 52. The van der Waals surface area contributed by atoms with Crippen LogP contribution < -0.4 is 5.73 Å². The number of allylic oxidation sites excluding steroid dienone is 18. The minimum absolute atomic E-state index is 0.0432. The summed E-state index contributed by atoms with van der Waals surface area (Å²) in [5, 5.41) is 0. The summed E-state index contributed by atoms with van der Waals surface area (Å²) in [6.07, 6.45) is 75.8. The second kappa shape index (κ2) is 56.0. The molecule has 2 atom stereocenters. The molecule has 0 saturated carbocycles. The first-order valence-corrected chi connectivity index (χ1v) is 29.9. The van der Waals surface area contributed by atoms with Crippen molar-refractivity contribution in [2.75, 3.05) is 26.4 Å². The summed E-state index contributed by atoms with van der Waals surface area (Å²) in [7, 11) is -4.40. The lowest BCUT2D eigenvalue weighted by molar-refractivity contribution is -0.161. The van der Waals surface area contributed by atoms with Crippen LogP contribution in [0.1, 0.15) is 232 Å². The molecule has 0 aromatic heterocycles. The summed E-state index contributed by atoms with van der Waals surface area (Å²) in [5.41, 5.74) is 5.37. The van der Waals surface area contributed by atoms with Gasteiger partial charge in [-0.15, -0.1) is 0 Å². The molecule has 0 aliphatic rings. The lowest BCUT2D eigenvalue weighted by Crippen LogP contribution is -2.29. The summed E-state index contributed by atoms with van der Waals surface area (Å²) in [6, 6.07) is 0. The summed E-state index contributed by atoms with van der Waals surface area (Å²) < 4.78 is 33.0. The Morgan fingerprint density at radius 2 is 0.732 bits per heavy atom. The lowest BCUT2D eigenvalue weighted by atomic mass is 10.0. The Balaban J connectivity index is 3.97. The molecule has 0 rings (SSSR count). The number of phosphoric ester groups is 1. The molecule has 0 radical (unpaired) electrons. The van der Waals surface area contributed by atoms with Crippen molar-refractivity contribution in [2.24, 2.45) is 5.73 Å². The second-order valence-electron chi connectivity index (χ2n) is 18.4. The van der Waals surface area contributed by atoms with Crippen LogP contribution in [0, 0.1) is 0 Å². The molecule has 0 amide bonds. The van der Waals surface area contributed by atoms with Crippen molar-refractivity contribution in [3.8, 4) is 0 Å². The van der Waals surface area contributed by atoms with Gasteiger partial charge in [0.25, 0.3) is 0 Å². The van der Waals surface area contributed by atoms with Crippen molar-refractivity contribution < 1.29 is 37.6 Å². The maximum absolute atomic E-state index is 12.7. The van der Waals surface area contributed by atoms with Crippen molar-refractivity contribution in [3.63, 3.8) is 0 Å². The zero-order chi connectivity index (χ0) is 51.7. The number of carbonyl (C=O) groups excluding carboxylic acids is 2. The van der Waals surface area contributed by atoms with Crippen molar-refractivity contribution in [3.05, 3.63) is 109 Å². The van der Waals surface area contributed by atoms with Gasteiger partial charge >= 0.3 is 19.8 Å². The van der Waals surface area contributed by atoms with E-state index in [4.69, 9.17) is 24.3 Å². The number of esters is 2. The van der Waals surface area contributed by atoms with Crippen LogP contribution in [0.5, 0.6) is 0 Å². The van der Waals surface area contributed by atoms with E-state index >= 15 is 0 Å². The molecule has 71 heavy (non-hydrogen) atoms. The van der Waals surface area contributed by atoms with Gasteiger partial charge in [0.05, 0.1) is 13.2 Å². The zero-order valence-electron chi connectivity index (χ0n) is 45.2.